The van der Waals surface area contributed by atoms with E-state index in [1.165, 1.54) is 73.2 Å². The van der Waals surface area contributed by atoms with Crippen molar-refractivity contribution in [3.8, 4) is 17.2 Å². The highest BCUT2D eigenvalue weighted by Gasteiger charge is 2.37. The zero-order valence-corrected chi connectivity index (χ0v) is 47.6. The molecule has 8 amide bonds. The van der Waals surface area contributed by atoms with Crippen molar-refractivity contribution >= 4 is 71.8 Å². The average Bonchev–Trinajstić information content (AvgIpc) is 4.11. The average molecular weight is 1170 g/mol. The van der Waals surface area contributed by atoms with Crippen LogP contribution in [0.5, 0.6) is 17.2 Å². The molecule has 16 N–H and O–H groups in total. The monoisotopic (exact) mass is 1170 g/mol. The van der Waals surface area contributed by atoms with Gasteiger partial charge in [0.2, 0.25) is 47.3 Å². The van der Waals surface area contributed by atoms with Crippen molar-refractivity contribution in [2.75, 3.05) is 5.75 Å². The zero-order valence-electron chi connectivity index (χ0n) is 46.8. The molecule has 0 aliphatic rings. The van der Waals surface area contributed by atoms with Crippen LogP contribution >= 0.6 is 12.6 Å². The number of aromatic amines is 1. The number of phenols is 3. The molecule has 0 bridgehead atoms. The lowest BCUT2D eigenvalue weighted by atomic mass is 9.99. The van der Waals surface area contributed by atoms with Crippen molar-refractivity contribution in [3.63, 3.8) is 0 Å². The SMILES string of the molecule is CC(C)C[C@H](NC(=O)[C@@H](N)Cc1ccc(O)cc1)C(=O)N[C@@H](Cc1ccc(O)cc1)C(=O)N[C@@H](Cc1cnc[nH]1)C(=O)N[C@@H](Cc1ccc(O)cc1)C(=O)N[C@@H](CS)C(=O)N[C@H](C(=O)N[C@H](C(=O)N[C@@H](CC(=O)O)C(=O)O)C(C)C)C(C)C. The van der Waals surface area contributed by atoms with E-state index in [1.807, 2.05) is 13.8 Å². The van der Waals surface area contributed by atoms with Crippen molar-refractivity contribution in [2.45, 2.75) is 134 Å². The number of imidazole rings is 1. The van der Waals surface area contributed by atoms with Gasteiger partial charge < -0.3 is 78.8 Å². The summed E-state index contributed by atoms with van der Waals surface area (Å²) in [5, 5.41) is 69.0. The molecule has 0 aliphatic carbocycles. The summed E-state index contributed by atoms with van der Waals surface area (Å²) in [5.74, 6) is -12.1. The first-order valence-electron chi connectivity index (χ1n) is 26.7. The number of amides is 8. The van der Waals surface area contributed by atoms with E-state index in [0.29, 0.717) is 22.4 Å². The van der Waals surface area contributed by atoms with Gasteiger partial charge in [0.15, 0.2) is 0 Å². The molecule has 83 heavy (non-hydrogen) atoms. The van der Waals surface area contributed by atoms with E-state index in [1.54, 1.807) is 39.8 Å². The number of aromatic hydroxyl groups is 3. The summed E-state index contributed by atoms with van der Waals surface area (Å²) in [5.41, 5.74) is 8.16. The summed E-state index contributed by atoms with van der Waals surface area (Å²) in [7, 11) is 0. The van der Waals surface area contributed by atoms with Crippen LogP contribution in [-0.2, 0) is 73.6 Å². The molecular formula is C56H75N11O15S. The molecule has 0 aliphatic heterocycles. The van der Waals surface area contributed by atoms with Gasteiger partial charge in [0, 0.05) is 36.9 Å². The van der Waals surface area contributed by atoms with Crippen LogP contribution in [-0.4, -0.2) is 155 Å². The number of nitrogens with zero attached hydrogens (tertiary/aromatic N) is 1. The minimum absolute atomic E-state index is 0.0211. The highest BCUT2D eigenvalue weighted by Crippen LogP contribution is 2.17. The van der Waals surface area contributed by atoms with Crippen LogP contribution in [0, 0.1) is 17.8 Å². The first-order valence-corrected chi connectivity index (χ1v) is 27.3. The molecule has 0 unspecified atom stereocenters. The standard InChI is InChI=1S/C56H75N11O15S/c1-28(2)19-39(60-48(73)38(57)20-31-7-13-35(68)14-8-31)49(74)61-40(21-32-9-15-36(69)16-10-32)50(75)63-42(23-34-25-58-27-59-34)52(77)62-41(22-33-11-17-37(70)18-12-33)51(76)65-44(26-83)53(78)66-47(30(5)6)55(80)67-46(29(3)4)54(79)64-43(56(81)82)24-45(71)72/h7-18,25,27-30,38-44,46-47,68-70,83H,19-24,26,57H2,1-6H3,(H,58,59)(H,60,73)(H,61,74)(H,62,77)(H,63,75)(H,64,79)(H,65,76)(H,66,78)(H,67,80)(H,71,72)(H,81,82)/t38-,39-,40-,41-,42-,43-,44-,46-,47-/m0/s1. The van der Waals surface area contributed by atoms with Crippen LogP contribution in [0.2, 0.25) is 0 Å². The van der Waals surface area contributed by atoms with E-state index in [2.05, 4.69) is 65.1 Å². The lowest BCUT2D eigenvalue weighted by Gasteiger charge is -2.29. The predicted octanol–water partition coefficient (Wildman–Crippen LogP) is -0.150. The minimum Gasteiger partial charge on any atom is -0.508 e. The number of benzene rings is 3. The van der Waals surface area contributed by atoms with E-state index in [9.17, 15) is 68.4 Å². The third-order valence-electron chi connectivity index (χ3n) is 13.0. The number of nitrogens with one attached hydrogen (secondary N) is 9. The Morgan fingerprint density at radius 2 is 0.843 bits per heavy atom. The van der Waals surface area contributed by atoms with Crippen LogP contribution in [0.4, 0.5) is 0 Å². The summed E-state index contributed by atoms with van der Waals surface area (Å²) >= 11 is 4.30. The summed E-state index contributed by atoms with van der Waals surface area (Å²) in [6.07, 6.45) is 1.27. The van der Waals surface area contributed by atoms with Gasteiger partial charge in [-0.05, 0) is 83.7 Å². The van der Waals surface area contributed by atoms with E-state index < -0.39 is 132 Å². The quantitative estimate of drug-likeness (QED) is 0.0283. The second-order valence-corrected chi connectivity index (χ2v) is 21.4. The first kappa shape index (κ1) is 66.8. The van der Waals surface area contributed by atoms with Gasteiger partial charge in [-0.15, -0.1) is 0 Å². The molecule has 4 rings (SSSR count). The number of carboxylic acids is 2. The van der Waals surface area contributed by atoms with Crippen LogP contribution in [0.25, 0.3) is 0 Å². The Morgan fingerprint density at radius 1 is 0.482 bits per heavy atom. The Balaban J connectivity index is 1.61. The van der Waals surface area contributed by atoms with Gasteiger partial charge in [-0.3, -0.25) is 43.2 Å². The molecule has 0 saturated heterocycles. The molecule has 0 saturated carbocycles. The molecule has 1 heterocycles. The number of rotatable bonds is 32. The van der Waals surface area contributed by atoms with Crippen molar-refractivity contribution in [1.29, 1.82) is 0 Å². The third-order valence-corrected chi connectivity index (χ3v) is 13.4. The van der Waals surface area contributed by atoms with E-state index in [-0.39, 0.29) is 61.0 Å². The van der Waals surface area contributed by atoms with Crippen molar-refractivity contribution < 1.29 is 73.5 Å². The lowest BCUT2D eigenvalue weighted by Crippen LogP contribution is -2.62. The maximum Gasteiger partial charge on any atom is 0.326 e. The van der Waals surface area contributed by atoms with Crippen LogP contribution in [0.15, 0.2) is 85.3 Å². The van der Waals surface area contributed by atoms with E-state index in [4.69, 9.17) is 10.8 Å². The lowest BCUT2D eigenvalue weighted by molar-refractivity contribution is -0.147. The molecule has 1 aromatic heterocycles. The molecule has 3 aromatic carbocycles. The number of thiol groups is 1. The smallest absolute Gasteiger partial charge is 0.326 e. The molecule has 27 heteroatoms. The topological polar surface area (TPSA) is 423 Å². The van der Waals surface area contributed by atoms with E-state index in [0.717, 1.165) is 0 Å². The number of carbonyl (C=O) groups is 10. The summed E-state index contributed by atoms with van der Waals surface area (Å²) in [4.78, 5) is 142. The first-order chi connectivity index (χ1) is 39.1. The highest BCUT2D eigenvalue weighted by molar-refractivity contribution is 7.80. The fourth-order valence-electron chi connectivity index (χ4n) is 8.43. The molecule has 9 atom stereocenters. The predicted molar refractivity (Wildman–Crippen MR) is 304 cm³/mol. The highest BCUT2D eigenvalue weighted by atomic mass is 32.1. The fraction of sp³-hybridized carbons (Fsp3) is 0.446. The van der Waals surface area contributed by atoms with Crippen molar-refractivity contribution in [2.24, 2.45) is 23.5 Å². The Bertz CT molecular complexity index is 2850. The number of nitrogens with two attached hydrogens (primary N) is 1. The molecule has 450 valence electrons. The molecule has 4 aromatic rings. The van der Waals surface area contributed by atoms with Crippen LogP contribution in [0.1, 0.15) is 76.8 Å². The summed E-state index contributed by atoms with van der Waals surface area (Å²) in [6.45, 7) is 9.87. The molecule has 0 spiro atoms. The van der Waals surface area contributed by atoms with Crippen LogP contribution in [0.3, 0.4) is 0 Å². The van der Waals surface area contributed by atoms with Gasteiger partial charge in [-0.1, -0.05) is 77.9 Å². The van der Waals surface area contributed by atoms with E-state index >= 15 is 0 Å². The second kappa shape index (κ2) is 32.1. The third kappa shape index (κ3) is 21.9. The van der Waals surface area contributed by atoms with Gasteiger partial charge in [0.1, 0.15) is 65.6 Å². The Kier molecular flexibility index (Phi) is 25.8. The van der Waals surface area contributed by atoms with Gasteiger partial charge >= 0.3 is 11.9 Å². The number of H-pyrrole nitrogens is 1. The Hall–Kier alpha value is -8.72. The Labute approximate surface area is 484 Å². The number of aliphatic carboxylic acids is 2. The number of carboxylic acid groups (broad SMARTS) is 2. The number of hydrogen-bond donors (Lipinski definition) is 16. The van der Waals surface area contributed by atoms with Gasteiger partial charge in [0.05, 0.1) is 18.8 Å². The molecule has 26 nitrogen and oxygen atoms in total. The molecular weight excluding hydrogens is 1100 g/mol. The largest absolute Gasteiger partial charge is 0.508 e. The van der Waals surface area contributed by atoms with Gasteiger partial charge in [-0.2, -0.15) is 12.6 Å². The Morgan fingerprint density at radius 3 is 1.23 bits per heavy atom. The fourth-order valence-corrected chi connectivity index (χ4v) is 8.68. The zero-order chi connectivity index (χ0) is 61.7. The number of phenolic OH excluding ortho intramolecular Hbond substituents is 3. The number of carbonyl (C=O) groups excluding carboxylic acids is 8. The normalized spacial score (nSPS) is 14.5. The second-order valence-electron chi connectivity index (χ2n) is 21.1. The van der Waals surface area contributed by atoms with Crippen molar-refractivity contribution in [3.05, 3.63) is 108 Å². The van der Waals surface area contributed by atoms with Gasteiger partial charge in [-0.25, -0.2) is 9.78 Å². The molecule has 0 radical (unpaired) electrons. The summed E-state index contributed by atoms with van der Waals surface area (Å²) < 4.78 is 0. The molecule has 0 fully saturated rings. The summed E-state index contributed by atoms with van der Waals surface area (Å²) in [6, 6.07) is 4.68. The maximum absolute atomic E-state index is 14.7. The van der Waals surface area contributed by atoms with Gasteiger partial charge in [0.25, 0.3) is 0 Å². The van der Waals surface area contributed by atoms with Crippen LogP contribution < -0.4 is 48.3 Å². The number of aromatic nitrogens is 2. The maximum atomic E-state index is 14.7. The van der Waals surface area contributed by atoms with Crippen molar-refractivity contribution in [1.82, 2.24) is 52.5 Å². The number of hydrogen-bond acceptors (Lipinski definition) is 16. The minimum atomic E-state index is -1.82.